The number of imidazole rings is 1. The van der Waals surface area contributed by atoms with Crippen LogP contribution in [0.25, 0.3) is 11.2 Å². The molecule has 0 aliphatic carbocycles. The van der Waals surface area contributed by atoms with E-state index in [4.69, 9.17) is 12.2 Å². The molecule has 0 aliphatic heterocycles. The van der Waals surface area contributed by atoms with E-state index in [9.17, 15) is 0 Å². The van der Waals surface area contributed by atoms with Crippen molar-refractivity contribution in [3.8, 4) is 0 Å². The van der Waals surface area contributed by atoms with Crippen molar-refractivity contribution in [3.63, 3.8) is 0 Å². The predicted molar refractivity (Wildman–Crippen MR) is 78.4 cm³/mol. The zero-order valence-corrected chi connectivity index (χ0v) is 12.0. The van der Waals surface area contributed by atoms with E-state index in [-0.39, 0.29) is 0 Å². The molecule has 0 aromatic carbocycles. The maximum absolute atomic E-state index is 5.46. The van der Waals surface area contributed by atoms with Crippen LogP contribution in [0.15, 0.2) is 18.3 Å². The number of fused-ring (bicyclic) bond motifs is 1. The number of aromatic nitrogens is 3. The summed E-state index contributed by atoms with van der Waals surface area (Å²) in [6.07, 6.45) is 7.83. The fourth-order valence-electron chi connectivity index (χ4n) is 2.47. The highest BCUT2D eigenvalue weighted by atomic mass is 32.1. The molecule has 18 heavy (non-hydrogen) atoms. The molecule has 3 nitrogen and oxygen atoms in total. The summed E-state index contributed by atoms with van der Waals surface area (Å²) in [6, 6.07) is 4.46. The van der Waals surface area contributed by atoms with Crippen molar-refractivity contribution < 1.29 is 0 Å². The van der Waals surface area contributed by atoms with Crippen LogP contribution in [0.2, 0.25) is 0 Å². The Morgan fingerprint density at radius 2 is 2.17 bits per heavy atom. The maximum atomic E-state index is 5.46. The minimum absolute atomic E-state index is 0.478. The van der Waals surface area contributed by atoms with Gasteiger partial charge in [-0.15, -0.1) is 0 Å². The molecular formula is C14H21N3S. The Morgan fingerprint density at radius 1 is 1.33 bits per heavy atom. The normalized spacial score (nSPS) is 13.0. The molecule has 2 aromatic heterocycles. The molecule has 1 unspecified atom stereocenters. The standard InChI is InChI=1S/C14H21N3S/c1-3-5-8-11(7-4-2)17-13-12(16-14(17)18)9-6-10-15-13/h6,9-11H,3-5,7-8H2,1-2H3,(H,16,18). The highest BCUT2D eigenvalue weighted by Gasteiger charge is 2.14. The molecule has 98 valence electrons. The molecule has 0 amide bonds. The Balaban J connectivity index is 2.42. The summed E-state index contributed by atoms with van der Waals surface area (Å²) in [4.78, 5) is 7.74. The predicted octanol–water partition coefficient (Wildman–Crippen LogP) is 4.63. The molecule has 0 radical (unpaired) electrons. The molecule has 0 saturated carbocycles. The van der Waals surface area contributed by atoms with Gasteiger partial charge in [-0.1, -0.05) is 33.1 Å². The van der Waals surface area contributed by atoms with Gasteiger partial charge in [0, 0.05) is 12.2 Å². The van der Waals surface area contributed by atoms with Crippen molar-refractivity contribution >= 4 is 23.4 Å². The van der Waals surface area contributed by atoms with E-state index in [1.807, 2.05) is 18.3 Å². The van der Waals surface area contributed by atoms with Gasteiger partial charge in [0.15, 0.2) is 10.4 Å². The molecule has 0 aliphatic rings. The van der Waals surface area contributed by atoms with Crippen molar-refractivity contribution in [3.05, 3.63) is 23.1 Å². The number of nitrogens with zero attached hydrogens (tertiary/aromatic N) is 2. The minimum atomic E-state index is 0.478. The van der Waals surface area contributed by atoms with Crippen LogP contribution >= 0.6 is 12.2 Å². The van der Waals surface area contributed by atoms with E-state index < -0.39 is 0 Å². The number of pyridine rings is 1. The van der Waals surface area contributed by atoms with Gasteiger partial charge in [0.25, 0.3) is 0 Å². The first-order valence-electron chi connectivity index (χ1n) is 6.83. The van der Waals surface area contributed by atoms with E-state index in [1.165, 1.54) is 25.7 Å². The molecule has 0 bridgehead atoms. The Kier molecular flexibility index (Phi) is 4.53. The lowest BCUT2D eigenvalue weighted by Gasteiger charge is -2.18. The first kappa shape index (κ1) is 13.3. The number of hydrogen-bond donors (Lipinski definition) is 1. The largest absolute Gasteiger partial charge is 0.329 e. The first-order valence-corrected chi connectivity index (χ1v) is 7.24. The quantitative estimate of drug-likeness (QED) is 0.771. The highest BCUT2D eigenvalue weighted by Crippen LogP contribution is 2.25. The van der Waals surface area contributed by atoms with Crippen LogP contribution in [-0.2, 0) is 0 Å². The average Bonchev–Trinajstić information content (AvgIpc) is 2.70. The second-order valence-corrected chi connectivity index (χ2v) is 5.15. The zero-order valence-electron chi connectivity index (χ0n) is 11.1. The molecule has 1 N–H and O–H groups in total. The van der Waals surface area contributed by atoms with Gasteiger partial charge in [0.1, 0.15) is 0 Å². The molecule has 0 fully saturated rings. The van der Waals surface area contributed by atoms with E-state index >= 15 is 0 Å². The molecule has 1 atom stereocenters. The molecule has 0 spiro atoms. The fourth-order valence-corrected chi connectivity index (χ4v) is 2.82. The molecule has 4 heteroatoms. The van der Waals surface area contributed by atoms with Crippen LogP contribution in [0, 0.1) is 4.77 Å². The summed E-state index contributed by atoms with van der Waals surface area (Å²) < 4.78 is 3.02. The third-order valence-corrected chi connectivity index (χ3v) is 3.65. The Labute approximate surface area is 113 Å². The number of unbranched alkanes of at least 4 members (excludes halogenated alkanes) is 1. The summed E-state index contributed by atoms with van der Waals surface area (Å²) in [5, 5.41) is 0. The number of hydrogen-bond acceptors (Lipinski definition) is 2. The molecule has 2 heterocycles. The highest BCUT2D eigenvalue weighted by molar-refractivity contribution is 7.71. The van der Waals surface area contributed by atoms with Crippen molar-refractivity contribution in [1.29, 1.82) is 0 Å². The van der Waals surface area contributed by atoms with Gasteiger partial charge < -0.3 is 4.98 Å². The van der Waals surface area contributed by atoms with Crippen molar-refractivity contribution in [1.82, 2.24) is 14.5 Å². The van der Waals surface area contributed by atoms with Crippen molar-refractivity contribution in [2.75, 3.05) is 0 Å². The number of H-pyrrole nitrogens is 1. The third-order valence-electron chi connectivity index (χ3n) is 3.35. The van der Waals surface area contributed by atoms with Gasteiger partial charge in [-0.3, -0.25) is 4.57 Å². The van der Waals surface area contributed by atoms with E-state index in [0.29, 0.717) is 6.04 Å². The van der Waals surface area contributed by atoms with Crippen LogP contribution in [0.4, 0.5) is 0 Å². The topological polar surface area (TPSA) is 33.6 Å². The number of aromatic amines is 1. The van der Waals surface area contributed by atoms with Crippen molar-refractivity contribution in [2.24, 2.45) is 0 Å². The lowest BCUT2D eigenvalue weighted by molar-refractivity contribution is 0.420. The lowest BCUT2D eigenvalue weighted by Crippen LogP contribution is -2.09. The van der Waals surface area contributed by atoms with Crippen LogP contribution in [0.3, 0.4) is 0 Å². The smallest absolute Gasteiger partial charge is 0.179 e. The first-order chi connectivity index (χ1) is 8.77. The Morgan fingerprint density at radius 3 is 2.89 bits per heavy atom. The summed E-state index contributed by atoms with van der Waals surface area (Å²) in [5.41, 5.74) is 2.04. The van der Waals surface area contributed by atoms with Crippen LogP contribution < -0.4 is 0 Å². The zero-order chi connectivity index (χ0) is 13.0. The Hall–Kier alpha value is -1.16. The van der Waals surface area contributed by atoms with E-state index in [0.717, 1.165) is 22.4 Å². The van der Waals surface area contributed by atoms with Gasteiger partial charge >= 0.3 is 0 Å². The minimum Gasteiger partial charge on any atom is -0.329 e. The SMILES string of the molecule is CCCCC(CCC)n1c(=S)[nH]c2cccnc21. The van der Waals surface area contributed by atoms with Crippen LogP contribution in [-0.4, -0.2) is 14.5 Å². The summed E-state index contributed by atoms with van der Waals surface area (Å²) in [5.74, 6) is 0. The van der Waals surface area contributed by atoms with Gasteiger partial charge in [-0.05, 0) is 37.2 Å². The van der Waals surface area contributed by atoms with Gasteiger partial charge in [0.05, 0.1) is 5.52 Å². The maximum Gasteiger partial charge on any atom is 0.179 e. The van der Waals surface area contributed by atoms with Gasteiger partial charge in [-0.2, -0.15) is 0 Å². The van der Waals surface area contributed by atoms with Gasteiger partial charge in [-0.25, -0.2) is 4.98 Å². The second kappa shape index (κ2) is 6.14. The Bertz CT molecular complexity index is 555. The van der Waals surface area contributed by atoms with E-state index in [1.54, 1.807) is 0 Å². The second-order valence-electron chi connectivity index (χ2n) is 4.76. The summed E-state index contributed by atoms with van der Waals surface area (Å²) in [6.45, 7) is 4.46. The van der Waals surface area contributed by atoms with E-state index in [2.05, 4.69) is 28.4 Å². The molecular weight excluding hydrogens is 242 g/mol. The summed E-state index contributed by atoms with van der Waals surface area (Å²) in [7, 11) is 0. The lowest BCUT2D eigenvalue weighted by atomic mass is 10.1. The third kappa shape index (κ3) is 2.64. The number of nitrogens with one attached hydrogen (secondary N) is 1. The van der Waals surface area contributed by atoms with Crippen LogP contribution in [0.1, 0.15) is 52.0 Å². The number of rotatable bonds is 6. The van der Waals surface area contributed by atoms with Crippen LogP contribution in [0.5, 0.6) is 0 Å². The average molecular weight is 263 g/mol. The van der Waals surface area contributed by atoms with Gasteiger partial charge in [0.2, 0.25) is 0 Å². The molecule has 0 saturated heterocycles. The van der Waals surface area contributed by atoms with Crippen molar-refractivity contribution in [2.45, 2.75) is 52.0 Å². The monoisotopic (exact) mass is 263 g/mol. The summed E-state index contributed by atoms with van der Waals surface area (Å²) >= 11 is 5.46. The molecule has 2 rings (SSSR count). The molecule has 2 aromatic rings. The fraction of sp³-hybridized carbons (Fsp3) is 0.571.